The highest BCUT2D eigenvalue weighted by Gasteiger charge is 2.13. The number of aromatic nitrogens is 2. The number of hydrogen-bond donors (Lipinski definition) is 1. The highest BCUT2D eigenvalue weighted by molar-refractivity contribution is 6.30. The van der Waals surface area contributed by atoms with Crippen LogP contribution < -0.4 is 5.32 Å². The van der Waals surface area contributed by atoms with E-state index >= 15 is 0 Å². The number of halogens is 1. The molecule has 20 heavy (non-hydrogen) atoms. The molecule has 2 rings (SSSR count). The molecule has 1 atom stereocenters. The molecular formula is C16H22ClN3. The Balaban J connectivity index is 2.14. The first-order valence-corrected chi connectivity index (χ1v) is 7.58. The van der Waals surface area contributed by atoms with Crippen LogP contribution in [0, 0.1) is 0 Å². The van der Waals surface area contributed by atoms with Crippen molar-refractivity contribution in [1.82, 2.24) is 15.1 Å². The molecule has 0 radical (unpaired) electrons. The summed E-state index contributed by atoms with van der Waals surface area (Å²) < 4.78 is 1.97. The summed E-state index contributed by atoms with van der Waals surface area (Å²) >= 11 is 6.12. The van der Waals surface area contributed by atoms with E-state index in [1.807, 2.05) is 23.0 Å². The first kappa shape index (κ1) is 15.1. The summed E-state index contributed by atoms with van der Waals surface area (Å²) in [5, 5.41) is 8.59. The zero-order chi connectivity index (χ0) is 14.4. The molecule has 0 aliphatic rings. The molecule has 0 spiro atoms. The van der Waals surface area contributed by atoms with Gasteiger partial charge in [0.2, 0.25) is 0 Å². The molecule has 1 unspecified atom stereocenters. The minimum absolute atomic E-state index is 0.420. The van der Waals surface area contributed by atoms with Gasteiger partial charge in [0.15, 0.2) is 0 Å². The van der Waals surface area contributed by atoms with Crippen molar-refractivity contribution in [3.63, 3.8) is 0 Å². The van der Waals surface area contributed by atoms with Gasteiger partial charge in [-0.1, -0.05) is 30.7 Å². The number of rotatable bonds is 7. The second-order valence-electron chi connectivity index (χ2n) is 4.97. The Morgan fingerprint density at radius 3 is 2.85 bits per heavy atom. The molecule has 0 saturated carbocycles. The number of likely N-dealkylation sites (N-methyl/N-ethyl adjacent to an activating group) is 1. The molecule has 0 aliphatic carbocycles. The van der Waals surface area contributed by atoms with Crippen LogP contribution >= 0.6 is 11.6 Å². The van der Waals surface area contributed by atoms with E-state index in [9.17, 15) is 0 Å². The van der Waals surface area contributed by atoms with E-state index in [1.165, 1.54) is 11.1 Å². The Labute approximate surface area is 126 Å². The van der Waals surface area contributed by atoms with Crippen LogP contribution in [-0.2, 0) is 13.0 Å². The van der Waals surface area contributed by atoms with Crippen LogP contribution in [-0.4, -0.2) is 22.9 Å². The minimum Gasteiger partial charge on any atom is -0.316 e. The van der Waals surface area contributed by atoms with Gasteiger partial charge in [-0.2, -0.15) is 5.10 Å². The summed E-state index contributed by atoms with van der Waals surface area (Å²) in [7, 11) is 0. The largest absolute Gasteiger partial charge is 0.316 e. The van der Waals surface area contributed by atoms with Crippen molar-refractivity contribution in [2.24, 2.45) is 0 Å². The third-order valence-corrected chi connectivity index (χ3v) is 3.69. The van der Waals surface area contributed by atoms with E-state index in [2.05, 4.69) is 42.6 Å². The Hall–Kier alpha value is -1.32. The number of nitrogens with one attached hydrogen (secondary N) is 1. The average Bonchev–Trinajstić information content (AvgIpc) is 2.91. The molecule has 0 amide bonds. The minimum atomic E-state index is 0.420. The molecular weight excluding hydrogens is 270 g/mol. The lowest BCUT2D eigenvalue weighted by atomic mass is 9.93. The fraction of sp³-hybridized carbons (Fsp3) is 0.438. The monoisotopic (exact) mass is 291 g/mol. The third-order valence-electron chi connectivity index (χ3n) is 3.45. The summed E-state index contributed by atoms with van der Waals surface area (Å²) in [6.45, 7) is 7.07. The first-order valence-electron chi connectivity index (χ1n) is 7.20. The first-order chi connectivity index (χ1) is 9.72. The molecule has 1 aromatic heterocycles. The molecule has 0 aliphatic heterocycles. The van der Waals surface area contributed by atoms with Gasteiger partial charge in [-0.25, -0.2) is 0 Å². The lowest BCUT2D eigenvalue weighted by Gasteiger charge is -2.17. The summed E-state index contributed by atoms with van der Waals surface area (Å²) in [6, 6.07) is 8.16. The fourth-order valence-electron chi connectivity index (χ4n) is 2.36. The van der Waals surface area contributed by atoms with Gasteiger partial charge < -0.3 is 5.32 Å². The van der Waals surface area contributed by atoms with Crippen molar-refractivity contribution in [3.05, 3.63) is 52.8 Å². The van der Waals surface area contributed by atoms with Crippen molar-refractivity contribution in [2.75, 3.05) is 13.1 Å². The number of hydrogen-bond acceptors (Lipinski definition) is 2. The topological polar surface area (TPSA) is 29.9 Å². The Kier molecular flexibility index (Phi) is 5.62. The van der Waals surface area contributed by atoms with Gasteiger partial charge in [0.1, 0.15) is 0 Å². The Bertz CT molecular complexity index is 536. The maximum absolute atomic E-state index is 6.12. The molecule has 4 heteroatoms. The van der Waals surface area contributed by atoms with Crippen LogP contribution in [0.25, 0.3) is 0 Å². The predicted molar refractivity (Wildman–Crippen MR) is 84.3 cm³/mol. The van der Waals surface area contributed by atoms with E-state index in [1.54, 1.807) is 0 Å². The van der Waals surface area contributed by atoms with Crippen LogP contribution in [0.2, 0.25) is 5.02 Å². The van der Waals surface area contributed by atoms with Crippen molar-refractivity contribution >= 4 is 11.6 Å². The van der Waals surface area contributed by atoms with Gasteiger partial charge in [-0.05, 0) is 43.1 Å². The molecule has 108 valence electrons. The maximum Gasteiger partial charge on any atom is 0.0521 e. The van der Waals surface area contributed by atoms with E-state index in [-0.39, 0.29) is 0 Å². The van der Waals surface area contributed by atoms with Gasteiger partial charge >= 0.3 is 0 Å². The number of nitrogens with zero attached hydrogens (tertiary/aromatic N) is 2. The molecule has 1 N–H and O–H groups in total. The number of aryl methyl sites for hydroxylation is 1. The van der Waals surface area contributed by atoms with E-state index in [0.717, 1.165) is 31.1 Å². The molecule has 1 heterocycles. The molecule has 0 saturated heterocycles. The Morgan fingerprint density at radius 1 is 1.35 bits per heavy atom. The van der Waals surface area contributed by atoms with Crippen molar-refractivity contribution in [2.45, 2.75) is 32.7 Å². The van der Waals surface area contributed by atoms with E-state index in [0.29, 0.717) is 5.92 Å². The van der Waals surface area contributed by atoms with Gasteiger partial charge in [-0.15, -0.1) is 0 Å². The predicted octanol–water partition coefficient (Wildman–Crippen LogP) is 3.49. The quantitative estimate of drug-likeness (QED) is 0.846. The zero-order valence-corrected chi connectivity index (χ0v) is 12.9. The highest BCUT2D eigenvalue weighted by atomic mass is 35.5. The maximum atomic E-state index is 6.12. The second-order valence-corrected chi connectivity index (χ2v) is 5.40. The van der Waals surface area contributed by atoms with Crippen molar-refractivity contribution in [1.29, 1.82) is 0 Å². The van der Waals surface area contributed by atoms with Gasteiger partial charge in [0.05, 0.1) is 6.20 Å². The van der Waals surface area contributed by atoms with Crippen LogP contribution in [0.4, 0.5) is 0 Å². The van der Waals surface area contributed by atoms with Gasteiger partial charge in [-0.3, -0.25) is 4.68 Å². The van der Waals surface area contributed by atoms with Crippen LogP contribution in [0.15, 0.2) is 36.7 Å². The van der Waals surface area contributed by atoms with Crippen LogP contribution in [0.1, 0.15) is 30.9 Å². The average molecular weight is 292 g/mol. The molecule has 0 fully saturated rings. The van der Waals surface area contributed by atoms with Crippen LogP contribution in [0.5, 0.6) is 0 Å². The summed E-state index contributed by atoms with van der Waals surface area (Å²) in [6.07, 6.45) is 5.07. The lowest BCUT2D eigenvalue weighted by Crippen LogP contribution is -2.22. The van der Waals surface area contributed by atoms with Crippen LogP contribution in [0.3, 0.4) is 0 Å². The Morgan fingerprint density at radius 2 is 2.20 bits per heavy atom. The highest BCUT2D eigenvalue weighted by Crippen LogP contribution is 2.23. The van der Waals surface area contributed by atoms with E-state index < -0.39 is 0 Å². The van der Waals surface area contributed by atoms with Crippen molar-refractivity contribution in [3.8, 4) is 0 Å². The SMILES string of the molecule is CCNCC(Cc1cnn(CC)c1)c1cccc(Cl)c1. The normalized spacial score (nSPS) is 12.6. The molecule has 2 aromatic rings. The lowest BCUT2D eigenvalue weighted by molar-refractivity contribution is 0.594. The van der Waals surface area contributed by atoms with E-state index in [4.69, 9.17) is 11.6 Å². The molecule has 3 nitrogen and oxygen atoms in total. The fourth-order valence-corrected chi connectivity index (χ4v) is 2.55. The summed E-state index contributed by atoms with van der Waals surface area (Å²) in [5.74, 6) is 0.420. The zero-order valence-electron chi connectivity index (χ0n) is 12.1. The number of benzene rings is 1. The van der Waals surface area contributed by atoms with Gasteiger partial charge in [0, 0.05) is 30.2 Å². The van der Waals surface area contributed by atoms with Gasteiger partial charge in [0.25, 0.3) is 0 Å². The smallest absolute Gasteiger partial charge is 0.0521 e. The van der Waals surface area contributed by atoms with Crippen molar-refractivity contribution < 1.29 is 0 Å². The standard InChI is InChI=1S/C16H22ClN3/c1-3-18-11-15(14-6-5-7-16(17)9-14)8-13-10-19-20(4-2)12-13/h5-7,9-10,12,15,18H,3-4,8,11H2,1-2H3. The second kappa shape index (κ2) is 7.46. The molecule has 1 aromatic carbocycles. The summed E-state index contributed by atoms with van der Waals surface area (Å²) in [5.41, 5.74) is 2.55. The summed E-state index contributed by atoms with van der Waals surface area (Å²) in [4.78, 5) is 0. The molecule has 0 bridgehead atoms. The third kappa shape index (κ3) is 4.09.